The summed E-state index contributed by atoms with van der Waals surface area (Å²) >= 11 is 0. The van der Waals surface area contributed by atoms with E-state index in [0.717, 1.165) is 10.6 Å². The van der Waals surface area contributed by atoms with Crippen LogP contribution in [0.25, 0.3) is 0 Å². The Morgan fingerprint density at radius 3 is 2.56 bits per heavy atom. The molecule has 0 aliphatic rings. The fraction of sp³-hybridized carbons (Fsp3) is 0.400. The molecule has 0 saturated carbocycles. The fourth-order valence-corrected chi connectivity index (χ4v) is 1.40. The Balaban J connectivity index is 2.69. The van der Waals surface area contributed by atoms with Crippen LogP contribution in [-0.2, 0) is 6.42 Å². The van der Waals surface area contributed by atoms with E-state index in [1.807, 2.05) is 30.3 Å². The molecule has 1 aromatic rings. The van der Waals surface area contributed by atoms with E-state index in [1.165, 1.54) is 7.05 Å². The lowest BCUT2D eigenvalue weighted by molar-refractivity contribution is -0.711. The largest absolute Gasteiger partial charge is 0.569 e. The Bertz CT molecular complexity index is 342. The predicted octanol–water partition coefficient (Wildman–Crippen LogP) is 0.788. The minimum Gasteiger partial charge on any atom is -0.569 e. The molecule has 2 N–H and O–H groups in total. The molecule has 1 atom stereocenters. The van der Waals surface area contributed by atoms with E-state index in [9.17, 15) is 10.3 Å². The summed E-state index contributed by atoms with van der Waals surface area (Å²) in [5, 5.41) is 32.1. The molecule has 0 aromatic heterocycles. The number of hydrogen-bond donors (Lipinski definition) is 2. The second kappa shape index (κ2) is 5.92. The van der Waals surface area contributed by atoms with E-state index in [-0.39, 0.29) is 11.6 Å². The number of hydrogen-bond acceptors (Lipinski definition) is 3. The van der Waals surface area contributed by atoms with Crippen molar-refractivity contribution in [3.05, 3.63) is 41.1 Å². The van der Waals surface area contributed by atoms with Gasteiger partial charge in [-0.25, -0.2) is 0 Å². The summed E-state index contributed by atoms with van der Waals surface area (Å²) in [5.74, 6) is 0. The van der Waals surface area contributed by atoms with Crippen molar-refractivity contribution >= 4 is 0 Å². The van der Waals surface area contributed by atoms with E-state index in [4.69, 9.17) is 5.21 Å². The zero-order valence-corrected chi connectivity index (χ0v) is 9.02. The molecule has 0 heterocycles. The summed E-state index contributed by atoms with van der Waals surface area (Å²) in [7, 11) is 1.45. The maximum absolute atomic E-state index is 11.0. The topological polar surface area (TPSA) is 82.1 Å². The predicted molar refractivity (Wildman–Crippen MR) is 56.6 cm³/mol. The van der Waals surface area contributed by atoms with Gasteiger partial charge in [0.25, 0.3) is 0 Å². The number of likely N-dealkylation sites (N-methyl/N-ethyl adjacent to an activating group) is 1. The second-order valence-electron chi connectivity index (χ2n) is 3.44. The molecule has 1 aromatic carbocycles. The Hall–Kier alpha value is -1.82. The smallest absolute Gasteiger partial charge is 0.230 e. The van der Waals surface area contributed by atoms with Crippen LogP contribution in [0.3, 0.4) is 0 Å². The van der Waals surface area contributed by atoms with Gasteiger partial charge in [0, 0.05) is 6.42 Å². The van der Waals surface area contributed by atoms with Crippen LogP contribution >= 0.6 is 0 Å². The molecule has 0 amide bonds. The first-order valence-corrected chi connectivity index (χ1v) is 4.88. The first-order chi connectivity index (χ1) is 7.69. The van der Waals surface area contributed by atoms with Crippen LogP contribution in [0.5, 0.6) is 0 Å². The minimum absolute atomic E-state index is 0.0455. The van der Waals surface area contributed by atoms with Crippen LogP contribution in [0, 0.1) is 5.21 Å². The molecule has 0 aliphatic heterocycles. The molecule has 0 saturated heterocycles. The number of hydrazine groups is 1. The standard InChI is InChI=1S/C10H15N3O3/c1-12(13(16)11-15)10(8-14)7-9-5-3-2-4-6-9/h2-6,10,14-15H,7-8H2,1H3/b13-11+/t10-/m0/s1. The highest BCUT2D eigenvalue weighted by atomic mass is 16.6. The number of nitrogens with zero attached hydrogens (tertiary/aromatic N) is 3. The zero-order chi connectivity index (χ0) is 12.0. The Morgan fingerprint density at radius 2 is 2.06 bits per heavy atom. The summed E-state index contributed by atoms with van der Waals surface area (Å²) in [5.41, 5.74) is 1.000. The molecule has 16 heavy (non-hydrogen) atoms. The SMILES string of the molecule is CN([C@H](CO)Cc1ccccc1)/[N+]([O-])=N\O. The molecule has 0 fully saturated rings. The molecular weight excluding hydrogens is 210 g/mol. The normalized spacial score (nSPS) is 13.5. The summed E-state index contributed by atoms with van der Waals surface area (Å²) in [6.07, 6.45) is 0.502. The van der Waals surface area contributed by atoms with Gasteiger partial charge >= 0.3 is 0 Å². The average Bonchev–Trinajstić information content (AvgIpc) is 2.35. The van der Waals surface area contributed by atoms with Crippen LogP contribution < -0.4 is 0 Å². The van der Waals surface area contributed by atoms with Crippen LogP contribution in [-0.4, -0.2) is 40.0 Å². The molecule has 1 rings (SSSR count). The summed E-state index contributed by atoms with van der Waals surface area (Å²) < 4.78 is 0. The second-order valence-corrected chi connectivity index (χ2v) is 3.44. The van der Waals surface area contributed by atoms with Gasteiger partial charge in [-0.2, -0.15) is 0 Å². The van der Waals surface area contributed by atoms with Crippen molar-refractivity contribution in [1.82, 2.24) is 5.01 Å². The van der Waals surface area contributed by atoms with Gasteiger partial charge in [-0.05, 0) is 5.56 Å². The zero-order valence-electron chi connectivity index (χ0n) is 9.02. The van der Waals surface area contributed by atoms with Crippen molar-refractivity contribution in [2.75, 3.05) is 13.7 Å². The minimum atomic E-state index is -0.421. The Labute approximate surface area is 93.6 Å². The van der Waals surface area contributed by atoms with Gasteiger partial charge in [0.1, 0.15) is 6.04 Å². The Morgan fingerprint density at radius 1 is 1.44 bits per heavy atom. The van der Waals surface area contributed by atoms with Gasteiger partial charge in [0.2, 0.25) is 5.28 Å². The molecule has 88 valence electrons. The van der Waals surface area contributed by atoms with Crippen molar-refractivity contribution in [1.29, 1.82) is 0 Å². The number of aliphatic hydroxyl groups is 1. The van der Waals surface area contributed by atoms with Crippen LogP contribution in [0.1, 0.15) is 5.56 Å². The molecule has 0 aliphatic carbocycles. The van der Waals surface area contributed by atoms with Crippen LogP contribution in [0.15, 0.2) is 35.6 Å². The lowest BCUT2D eigenvalue weighted by Crippen LogP contribution is -2.40. The van der Waals surface area contributed by atoms with Crippen molar-refractivity contribution in [2.45, 2.75) is 12.5 Å². The van der Waals surface area contributed by atoms with E-state index in [0.29, 0.717) is 6.42 Å². The van der Waals surface area contributed by atoms with Crippen molar-refractivity contribution in [2.24, 2.45) is 5.28 Å². The first kappa shape index (κ1) is 12.3. The van der Waals surface area contributed by atoms with Crippen LogP contribution in [0.4, 0.5) is 0 Å². The molecule has 6 heteroatoms. The third kappa shape index (κ3) is 3.09. The van der Waals surface area contributed by atoms with Gasteiger partial charge in [-0.1, -0.05) is 30.3 Å². The van der Waals surface area contributed by atoms with Crippen LogP contribution in [0.2, 0.25) is 0 Å². The van der Waals surface area contributed by atoms with Gasteiger partial charge in [-0.15, -0.1) is 5.01 Å². The molecule has 0 bridgehead atoms. The van der Waals surface area contributed by atoms with Gasteiger partial charge in [0.05, 0.1) is 18.6 Å². The summed E-state index contributed by atoms with van der Waals surface area (Å²) in [4.78, 5) is 0.0455. The first-order valence-electron chi connectivity index (χ1n) is 4.88. The lowest BCUT2D eigenvalue weighted by Gasteiger charge is -2.21. The highest BCUT2D eigenvalue weighted by molar-refractivity contribution is 5.15. The average molecular weight is 225 g/mol. The van der Waals surface area contributed by atoms with Gasteiger partial charge < -0.3 is 15.5 Å². The van der Waals surface area contributed by atoms with Gasteiger partial charge in [0.15, 0.2) is 0 Å². The number of benzene rings is 1. The molecular formula is C10H15N3O3. The van der Waals surface area contributed by atoms with E-state index >= 15 is 0 Å². The van der Waals surface area contributed by atoms with Crippen molar-refractivity contribution in [3.8, 4) is 0 Å². The highest BCUT2D eigenvalue weighted by Crippen LogP contribution is 2.07. The van der Waals surface area contributed by atoms with Crippen molar-refractivity contribution < 1.29 is 15.3 Å². The van der Waals surface area contributed by atoms with E-state index in [1.54, 1.807) is 0 Å². The number of aliphatic hydroxyl groups excluding tert-OH is 1. The van der Waals surface area contributed by atoms with E-state index < -0.39 is 6.04 Å². The monoisotopic (exact) mass is 225 g/mol. The van der Waals surface area contributed by atoms with Crippen molar-refractivity contribution in [3.63, 3.8) is 0 Å². The summed E-state index contributed by atoms with van der Waals surface area (Å²) in [6.45, 7) is -0.195. The Kier molecular flexibility index (Phi) is 4.53. The quantitative estimate of drug-likeness (QED) is 0.441. The maximum Gasteiger partial charge on any atom is 0.230 e. The fourth-order valence-electron chi connectivity index (χ4n) is 1.40. The number of rotatable bonds is 5. The maximum atomic E-state index is 11.0. The molecule has 0 spiro atoms. The molecule has 0 radical (unpaired) electrons. The third-order valence-electron chi connectivity index (χ3n) is 2.40. The van der Waals surface area contributed by atoms with Gasteiger partial charge in [-0.3, -0.25) is 0 Å². The lowest BCUT2D eigenvalue weighted by atomic mass is 10.1. The third-order valence-corrected chi connectivity index (χ3v) is 2.40. The molecule has 6 nitrogen and oxygen atoms in total. The summed E-state index contributed by atoms with van der Waals surface area (Å²) in [6, 6.07) is 9.05. The molecule has 0 unspecified atom stereocenters. The highest BCUT2D eigenvalue weighted by Gasteiger charge is 2.20. The van der Waals surface area contributed by atoms with E-state index in [2.05, 4.69) is 5.28 Å².